The molecule has 0 fully saturated rings. The lowest BCUT2D eigenvalue weighted by atomic mass is 10.1. The second-order valence-electron chi connectivity index (χ2n) is 5.93. The van der Waals surface area contributed by atoms with E-state index in [1.807, 2.05) is 24.3 Å². The Balaban J connectivity index is 1.76. The lowest BCUT2D eigenvalue weighted by Gasteiger charge is -2.12. The first-order valence-corrected chi connectivity index (χ1v) is 8.06. The molecule has 0 atom stereocenters. The normalized spacial score (nSPS) is 13.0. The summed E-state index contributed by atoms with van der Waals surface area (Å²) in [6.45, 7) is 3.87. The number of fused-ring (bicyclic) bond motifs is 1. The Labute approximate surface area is 135 Å². The molecule has 23 heavy (non-hydrogen) atoms. The highest BCUT2D eigenvalue weighted by Gasteiger charge is 2.20. The summed E-state index contributed by atoms with van der Waals surface area (Å²) in [6, 6.07) is 7.74. The van der Waals surface area contributed by atoms with Gasteiger partial charge in [0.2, 0.25) is 5.91 Å². The standard InChI is InChI=1S/C18H21N3O2/c1-3-13-7-9-14(10-8-13)20-17(22)11-21-12(2)19-16-6-4-5-15(16)18(21)23/h7-10H,3-6,11H2,1-2H3,(H,20,22). The molecule has 0 aliphatic heterocycles. The number of aryl methyl sites for hydroxylation is 3. The Hall–Kier alpha value is -2.43. The molecule has 0 saturated carbocycles. The van der Waals surface area contributed by atoms with Crippen molar-refractivity contribution in [2.24, 2.45) is 0 Å². The predicted octanol–water partition coefficient (Wildman–Crippen LogP) is 2.24. The molecule has 1 amide bonds. The minimum Gasteiger partial charge on any atom is -0.325 e. The van der Waals surface area contributed by atoms with Crippen LogP contribution >= 0.6 is 0 Å². The summed E-state index contributed by atoms with van der Waals surface area (Å²) in [5, 5.41) is 2.84. The van der Waals surface area contributed by atoms with E-state index in [1.54, 1.807) is 6.92 Å². The van der Waals surface area contributed by atoms with E-state index in [1.165, 1.54) is 10.1 Å². The first-order chi connectivity index (χ1) is 11.1. The molecule has 120 valence electrons. The fraction of sp³-hybridized carbons (Fsp3) is 0.389. The summed E-state index contributed by atoms with van der Waals surface area (Å²) in [5.41, 5.74) is 3.57. The Morgan fingerprint density at radius 2 is 2.00 bits per heavy atom. The molecule has 2 aromatic rings. The van der Waals surface area contributed by atoms with E-state index in [0.717, 1.165) is 42.6 Å². The number of nitrogens with one attached hydrogen (secondary N) is 1. The zero-order valence-corrected chi connectivity index (χ0v) is 13.6. The third-order valence-corrected chi connectivity index (χ3v) is 4.33. The molecule has 5 heteroatoms. The van der Waals surface area contributed by atoms with Crippen molar-refractivity contribution in [2.75, 3.05) is 5.32 Å². The first kappa shape index (κ1) is 15.5. The smallest absolute Gasteiger partial charge is 0.257 e. The van der Waals surface area contributed by atoms with Gasteiger partial charge in [0.15, 0.2) is 0 Å². The van der Waals surface area contributed by atoms with Crippen molar-refractivity contribution < 1.29 is 4.79 Å². The summed E-state index contributed by atoms with van der Waals surface area (Å²) in [5.74, 6) is 0.395. The summed E-state index contributed by atoms with van der Waals surface area (Å²) in [7, 11) is 0. The van der Waals surface area contributed by atoms with Gasteiger partial charge in [-0.25, -0.2) is 4.98 Å². The summed E-state index contributed by atoms with van der Waals surface area (Å²) in [6.07, 6.45) is 3.56. The number of aromatic nitrogens is 2. The van der Waals surface area contributed by atoms with Gasteiger partial charge in [-0.3, -0.25) is 14.2 Å². The van der Waals surface area contributed by atoms with E-state index in [4.69, 9.17) is 0 Å². The number of rotatable bonds is 4. The maximum atomic E-state index is 12.5. The van der Waals surface area contributed by atoms with Gasteiger partial charge in [0.25, 0.3) is 5.56 Å². The quantitative estimate of drug-likeness (QED) is 0.942. The molecule has 1 aliphatic carbocycles. The second-order valence-corrected chi connectivity index (χ2v) is 5.93. The van der Waals surface area contributed by atoms with Gasteiger partial charge in [0.1, 0.15) is 12.4 Å². The third kappa shape index (κ3) is 3.18. The Bertz CT molecular complexity index is 791. The topological polar surface area (TPSA) is 64.0 Å². The van der Waals surface area contributed by atoms with Gasteiger partial charge in [0.05, 0.1) is 5.69 Å². The molecule has 1 aromatic carbocycles. The fourth-order valence-electron chi connectivity index (χ4n) is 3.00. The minimum atomic E-state index is -0.209. The number of carbonyl (C=O) groups excluding carboxylic acids is 1. The maximum absolute atomic E-state index is 12.5. The number of hydrogen-bond acceptors (Lipinski definition) is 3. The average molecular weight is 311 g/mol. The van der Waals surface area contributed by atoms with E-state index in [9.17, 15) is 9.59 Å². The molecule has 1 aliphatic rings. The maximum Gasteiger partial charge on any atom is 0.257 e. The first-order valence-electron chi connectivity index (χ1n) is 8.06. The molecular weight excluding hydrogens is 290 g/mol. The van der Waals surface area contributed by atoms with Crippen LogP contribution < -0.4 is 10.9 Å². The van der Waals surface area contributed by atoms with Crippen molar-refractivity contribution in [1.82, 2.24) is 9.55 Å². The highest BCUT2D eigenvalue weighted by Crippen LogP contribution is 2.16. The van der Waals surface area contributed by atoms with Crippen LogP contribution in [0.5, 0.6) is 0 Å². The van der Waals surface area contributed by atoms with Crippen LogP contribution in [0, 0.1) is 6.92 Å². The molecule has 0 spiro atoms. The minimum absolute atomic E-state index is 0.000472. The summed E-state index contributed by atoms with van der Waals surface area (Å²) < 4.78 is 1.47. The SMILES string of the molecule is CCc1ccc(NC(=O)Cn2c(C)nc3c(c2=O)CCC3)cc1. The van der Waals surface area contributed by atoms with Crippen LogP contribution in [-0.4, -0.2) is 15.5 Å². The third-order valence-electron chi connectivity index (χ3n) is 4.33. The van der Waals surface area contributed by atoms with Crippen molar-refractivity contribution >= 4 is 11.6 Å². The predicted molar refractivity (Wildman–Crippen MR) is 89.7 cm³/mol. The van der Waals surface area contributed by atoms with Gasteiger partial charge in [0, 0.05) is 11.3 Å². The highest BCUT2D eigenvalue weighted by molar-refractivity contribution is 5.90. The van der Waals surface area contributed by atoms with Crippen molar-refractivity contribution in [1.29, 1.82) is 0 Å². The van der Waals surface area contributed by atoms with E-state index in [-0.39, 0.29) is 18.0 Å². The molecule has 0 saturated heterocycles. The van der Waals surface area contributed by atoms with Gasteiger partial charge in [-0.05, 0) is 50.3 Å². The molecule has 3 rings (SSSR count). The molecule has 0 radical (unpaired) electrons. The lowest BCUT2D eigenvalue weighted by Crippen LogP contribution is -2.32. The zero-order valence-electron chi connectivity index (χ0n) is 13.6. The van der Waals surface area contributed by atoms with Crippen LogP contribution in [0.4, 0.5) is 5.69 Å². The van der Waals surface area contributed by atoms with Gasteiger partial charge in [-0.1, -0.05) is 19.1 Å². The monoisotopic (exact) mass is 311 g/mol. The van der Waals surface area contributed by atoms with Crippen LogP contribution in [0.3, 0.4) is 0 Å². The number of anilines is 1. The number of carbonyl (C=O) groups is 1. The summed E-state index contributed by atoms with van der Waals surface area (Å²) in [4.78, 5) is 29.2. The van der Waals surface area contributed by atoms with E-state index in [2.05, 4.69) is 17.2 Å². The van der Waals surface area contributed by atoms with E-state index in [0.29, 0.717) is 5.82 Å². The van der Waals surface area contributed by atoms with E-state index < -0.39 is 0 Å². The Morgan fingerprint density at radius 1 is 1.26 bits per heavy atom. The van der Waals surface area contributed by atoms with Gasteiger partial charge >= 0.3 is 0 Å². The van der Waals surface area contributed by atoms with E-state index >= 15 is 0 Å². The summed E-state index contributed by atoms with van der Waals surface area (Å²) >= 11 is 0. The second kappa shape index (κ2) is 6.36. The van der Waals surface area contributed by atoms with Crippen molar-refractivity contribution in [3.63, 3.8) is 0 Å². The number of hydrogen-bond donors (Lipinski definition) is 1. The average Bonchev–Trinajstić information content (AvgIpc) is 3.00. The van der Waals surface area contributed by atoms with Crippen molar-refractivity contribution in [3.8, 4) is 0 Å². The van der Waals surface area contributed by atoms with Gasteiger partial charge < -0.3 is 5.32 Å². The Morgan fingerprint density at radius 3 is 2.70 bits per heavy atom. The van der Waals surface area contributed by atoms with Crippen LogP contribution in [0.25, 0.3) is 0 Å². The molecule has 1 N–H and O–H groups in total. The van der Waals surface area contributed by atoms with Crippen LogP contribution in [0.15, 0.2) is 29.1 Å². The molecular formula is C18H21N3O2. The highest BCUT2D eigenvalue weighted by atomic mass is 16.2. The lowest BCUT2D eigenvalue weighted by molar-refractivity contribution is -0.116. The molecule has 1 heterocycles. The van der Waals surface area contributed by atoms with Gasteiger partial charge in [-0.2, -0.15) is 0 Å². The largest absolute Gasteiger partial charge is 0.325 e. The zero-order chi connectivity index (χ0) is 16.4. The molecule has 1 aromatic heterocycles. The number of nitrogens with zero attached hydrogens (tertiary/aromatic N) is 2. The number of benzene rings is 1. The molecule has 0 unspecified atom stereocenters. The number of amides is 1. The Kier molecular flexibility index (Phi) is 4.28. The van der Waals surface area contributed by atoms with Crippen LogP contribution in [-0.2, 0) is 30.6 Å². The van der Waals surface area contributed by atoms with Gasteiger partial charge in [-0.15, -0.1) is 0 Å². The van der Waals surface area contributed by atoms with Crippen LogP contribution in [0.1, 0.15) is 36.0 Å². The fourth-order valence-corrected chi connectivity index (χ4v) is 3.00. The van der Waals surface area contributed by atoms with Crippen molar-refractivity contribution in [2.45, 2.75) is 46.1 Å². The molecule has 5 nitrogen and oxygen atoms in total. The van der Waals surface area contributed by atoms with Crippen molar-refractivity contribution in [3.05, 3.63) is 57.3 Å². The molecule has 0 bridgehead atoms. The van der Waals surface area contributed by atoms with Crippen LogP contribution in [0.2, 0.25) is 0 Å².